The highest BCUT2D eigenvalue weighted by atomic mass is 16.5. The topological polar surface area (TPSA) is 77.0 Å². The van der Waals surface area contributed by atoms with Crippen molar-refractivity contribution in [2.24, 2.45) is 0 Å². The summed E-state index contributed by atoms with van der Waals surface area (Å²) in [4.78, 5) is 23.2. The Labute approximate surface area is 97.7 Å². The Morgan fingerprint density at radius 3 is 2.76 bits per heavy atom. The van der Waals surface area contributed by atoms with E-state index in [1.165, 1.54) is 13.3 Å². The molecule has 0 fully saturated rings. The van der Waals surface area contributed by atoms with E-state index in [2.05, 4.69) is 25.0 Å². The molecule has 6 heteroatoms. The minimum atomic E-state index is -0.435. The second-order valence-electron chi connectivity index (χ2n) is 3.15. The molecule has 0 unspecified atom stereocenters. The number of methoxy groups -OCH3 is 1. The van der Waals surface area contributed by atoms with Crippen molar-refractivity contribution in [3.8, 4) is 0 Å². The number of aromatic nitrogens is 3. The van der Waals surface area contributed by atoms with Crippen LogP contribution in [0.2, 0.25) is 0 Å². The van der Waals surface area contributed by atoms with Crippen LogP contribution in [0.3, 0.4) is 0 Å². The van der Waals surface area contributed by atoms with Crippen LogP contribution in [-0.4, -0.2) is 28.0 Å². The van der Waals surface area contributed by atoms with Gasteiger partial charge in [0.05, 0.1) is 24.6 Å². The zero-order chi connectivity index (χ0) is 12.1. The average molecular weight is 230 g/mol. The van der Waals surface area contributed by atoms with Crippen LogP contribution in [0.25, 0.3) is 0 Å². The fraction of sp³-hybridized carbons (Fsp3) is 0.0909. The number of pyridine rings is 1. The summed E-state index contributed by atoms with van der Waals surface area (Å²) < 4.78 is 4.60. The maximum absolute atomic E-state index is 11.3. The fourth-order valence-corrected chi connectivity index (χ4v) is 1.23. The third-order valence-corrected chi connectivity index (χ3v) is 1.98. The molecule has 17 heavy (non-hydrogen) atoms. The largest absolute Gasteiger partial charge is 0.465 e. The van der Waals surface area contributed by atoms with E-state index in [1.807, 2.05) is 0 Å². The quantitative estimate of drug-likeness (QED) is 0.803. The lowest BCUT2D eigenvalue weighted by molar-refractivity contribution is 0.0600. The number of hydrogen-bond acceptors (Lipinski definition) is 6. The maximum atomic E-state index is 11.3. The van der Waals surface area contributed by atoms with E-state index in [1.54, 1.807) is 30.7 Å². The molecule has 0 bridgehead atoms. The van der Waals surface area contributed by atoms with E-state index in [-0.39, 0.29) is 0 Å². The molecule has 0 spiro atoms. The molecule has 2 aromatic heterocycles. The Balaban J connectivity index is 2.20. The zero-order valence-corrected chi connectivity index (χ0v) is 9.12. The summed E-state index contributed by atoms with van der Waals surface area (Å²) in [7, 11) is 1.32. The van der Waals surface area contributed by atoms with Gasteiger partial charge < -0.3 is 10.1 Å². The van der Waals surface area contributed by atoms with Crippen molar-refractivity contribution in [1.29, 1.82) is 0 Å². The van der Waals surface area contributed by atoms with E-state index >= 15 is 0 Å². The van der Waals surface area contributed by atoms with Crippen LogP contribution in [0, 0.1) is 0 Å². The summed E-state index contributed by atoms with van der Waals surface area (Å²) in [5.41, 5.74) is 0.993. The number of carbonyl (C=O) groups excluding carboxylic acids is 1. The predicted octanol–water partition coefficient (Wildman–Crippen LogP) is 1.40. The van der Waals surface area contributed by atoms with Gasteiger partial charge in [-0.3, -0.25) is 4.98 Å². The van der Waals surface area contributed by atoms with Crippen molar-refractivity contribution < 1.29 is 9.53 Å². The van der Waals surface area contributed by atoms with E-state index in [4.69, 9.17) is 0 Å². The van der Waals surface area contributed by atoms with Gasteiger partial charge in [-0.15, -0.1) is 0 Å². The lowest BCUT2D eigenvalue weighted by Gasteiger charge is -2.04. The van der Waals surface area contributed by atoms with Crippen molar-refractivity contribution in [1.82, 2.24) is 15.0 Å². The van der Waals surface area contributed by atoms with Gasteiger partial charge in [0.15, 0.2) is 0 Å². The van der Waals surface area contributed by atoms with E-state index < -0.39 is 5.97 Å². The van der Waals surface area contributed by atoms with E-state index in [0.29, 0.717) is 17.2 Å². The Bertz CT molecular complexity index is 516. The van der Waals surface area contributed by atoms with Gasteiger partial charge >= 0.3 is 5.97 Å². The molecule has 1 N–H and O–H groups in total. The molecule has 0 aliphatic heterocycles. The van der Waals surface area contributed by atoms with Gasteiger partial charge in [-0.05, 0) is 12.1 Å². The van der Waals surface area contributed by atoms with Crippen LogP contribution in [0.1, 0.15) is 10.4 Å². The Hall–Kier alpha value is -2.50. The number of esters is 1. The number of ether oxygens (including phenoxy) is 1. The number of rotatable bonds is 3. The molecule has 0 aliphatic rings. The summed E-state index contributed by atoms with van der Waals surface area (Å²) in [6.07, 6.45) is 6.24. The van der Waals surface area contributed by atoms with Crippen LogP contribution < -0.4 is 5.32 Å². The highest BCUT2D eigenvalue weighted by Crippen LogP contribution is 2.12. The molecule has 0 aromatic carbocycles. The highest BCUT2D eigenvalue weighted by molar-refractivity contribution is 5.90. The van der Waals surface area contributed by atoms with Crippen molar-refractivity contribution in [3.05, 3.63) is 42.5 Å². The van der Waals surface area contributed by atoms with Gasteiger partial charge in [-0.2, -0.15) is 0 Å². The van der Waals surface area contributed by atoms with E-state index in [0.717, 1.165) is 0 Å². The SMILES string of the molecule is COC(=O)c1cncc(Nc2ncccn2)c1. The van der Waals surface area contributed by atoms with Crippen molar-refractivity contribution in [2.45, 2.75) is 0 Å². The van der Waals surface area contributed by atoms with Crippen molar-refractivity contribution in [2.75, 3.05) is 12.4 Å². The molecule has 0 aliphatic carbocycles. The van der Waals surface area contributed by atoms with Crippen LogP contribution in [0.5, 0.6) is 0 Å². The number of nitrogens with zero attached hydrogens (tertiary/aromatic N) is 3. The minimum absolute atomic E-state index is 0.369. The summed E-state index contributed by atoms with van der Waals surface area (Å²) >= 11 is 0. The number of hydrogen-bond donors (Lipinski definition) is 1. The molecule has 2 heterocycles. The van der Waals surface area contributed by atoms with Gasteiger partial charge in [-0.25, -0.2) is 14.8 Å². The first-order valence-electron chi connectivity index (χ1n) is 4.87. The third-order valence-electron chi connectivity index (χ3n) is 1.98. The van der Waals surface area contributed by atoms with Gasteiger partial charge in [0.1, 0.15) is 0 Å². The normalized spacial score (nSPS) is 9.71. The maximum Gasteiger partial charge on any atom is 0.339 e. The number of carbonyl (C=O) groups is 1. The van der Waals surface area contributed by atoms with Gasteiger partial charge in [0.25, 0.3) is 0 Å². The molecule has 0 saturated heterocycles. The van der Waals surface area contributed by atoms with Gasteiger partial charge in [0.2, 0.25) is 5.95 Å². The first-order chi connectivity index (χ1) is 8.29. The smallest absolute Gasteiger partial charge is 0.339 e. The highest BCUT2D eigenvalue weighted by Gasteiger charge is 2.06. The average Bonchev–Trinajstić information content (AvgIpc) is 2.39. The lowest BCUT2D eigenvalue weighted by Crippen LogP contribution is -2.03. The second-order valence-corrected chi connectivity index (χ2v) is 3.15. The molecule has 6 nitrogen and oxygen atoms in total. The fourth-order valence-electron chi connectivity index (χ4n) is 1.23. The Kier molecular flexibility index (Phi) is 3.25. The molecule has 0 atom stereocenters. The van der Waals surface area contributed by atoms with Crippen molar-refractivity contribution in [3.63, 3.8) is 0 Å². The first-order valence-corrected chi connectivity index (χ1v) is 4.87. The monoisotopic (exact) mass is 230 g/mol. The lowest BCUT2D eigenvalue weighted by atomic mass is 10.2. The second kappa shape index (κ2) is 5.02. The van der Waals surface area contributed by atoms with E-state index in [9.17, 15) is 4.79 Å². The molecule has 0 saturated carbocycles. The molecular weight excluding hydrogens is 220 g/mol. The van der Waals surface area contributed by atoms with Crippen LogP contribution in [0.15, 0.2) is 36.9 Å². The molecular formula is C11H10N4O2. The van der Waals surface area contributed by atoms with Gasteiger partial charge in [-0.1, -0.05) is 0 Å². The van der Waals surface area contributed by atoms with Crippen LogP contribution in [0.4, 0.5) is 11.6 Å². The summed E-state index contributed by atoms with van der Waals surface area (Å²) in [5.74, 6) is 0.00597. The molecule has 86 valence electrons. The van der Waals surface area contributed by atoms with Gasteiger partial charge in [0, 0.05) is 18.6 Å². The van der Waals surface area contributed by atoms with Crippen molar-refractivity contribution >= 4 is 17.6 Å². The minimum Gasteiger partial charge on any atom is -0.465 e. The molecule has 2 aromatic rings. The summed E-state index contributed by atoms with van der Waals surface area (Å²) in [6.45, 7) is 0. The Morgan fingerprint density at radius 1 is 1.29 bits per heavy atom. The van der Waals surface area contributed by atoms with Crippen LogP contribution in [-0.2, 0) is 4.74 Å². The number of nitrogens with one attached hydrogen (secondary N) is 1. The third kappa shape index (κ3) is 2.75. The molecule has 2 rings (SSSR count). The summed E-state index contributed by atoms with van der Waals surface area (Å²) in [6, 6.07) is 3.34. The summed E-state index contributed by atoms with van der Waals surface area (Å²) in [5, 5.41) is 2.93. The predicted molar refractivity (Wildman–Crippen MR) is 60.9 cm³/mol. The number of anilines is 2. The first kappa shape index (κ1) is 11.0. The Morgan fingerprint density at radius 2 is 2.06 bits per heavy atom. The standard InChI is InChI=1S/C11H10N4O2/c1-17-10(16)8-5-9(7-12-6-8)15-11-13-3-2-4-14-11/h2-7H,1H3,(H,13,14,15). The zero-order valence-electron chi connectivity index (χ0n) is 9.12. The molecule has 0 radical (unpaired) electrons. The van der Waals surface area contributed by atoms with Crippen LogP contribution >= 0.6 is 0 Å². The molecule has 0 amide bonds.